The number of thioether (sulfide) groups is 1. The van der Waals surface area contributed by atoms with Crippen LogP contribution in [0, 0.1) is 5.92 Å². The molecule has 0 aliphatic carbocycles. The molecule has 0 saturated carbocycles. The first-order valence-electron chi connectivity index (χ1n) is 5.32. The van der Waals surface area contributed by atoms with E-state index in [1.807, 2.05) is 11.8 Å². The number of halogens is 1. The maximum absolute atomic E-state index is 11.6. The van der Waals surface area contributed by atoms with Crippen molar-refractivity contribution in [1.29, 1.82) is 0 Å². The van der Waals surface area contributed by atoms with E-state index in [9.17, 15) is 4.79 Å². The summed E-state index contributed by atoms with van der Waals surface area (Å²) < 4.78 is 0. The molecule has 1 fully saturated rings. The molecule has 0 aromatic rings. The molecule has 0 aromatic carbocycles. The van der Waals surface area contributed by atoms with Gasteiger partial charge in [0.1, 0.15) is 0 Å². The van der Waals surface area contributed by atoms with Gasteiger partial charge in [0.15, 0.2) is 0 Å². The molecule has 1 amide bonds. The Bertz CT molecular complexity index is 175. The Morgan fingerprint density at radius 1 is 1.47 bits per heavy atom. The highest BCUT2D eigenvalue weighted by atomic mass is 35.5. The number of rotatable bonds is 5. The lowest BCUT2D eigenvalue weighted by Crippen LogP contribution is -2.38. The number of nitrogens with one attached hydrogen (secondary N) is 2. The summed E-state index contributed by atoms with van der Waals surface area (Å²) in [5.74, 6) is 1.64. The highest BCUT2D eigenvalue weighted by Crippen LogP contribution is 2.11. The Morgan fingerprint density at radius 3 is 2.73 bits per heavy atom. The largest absolute Gasteiger partial charge is 0.356 e. The molecule has 0 spiro atoms. The van der Waals surface area contributed by atoms with E-state index in [1.165, 1.54) is 0 Å². The van der Waals surface area contributed by atoms with Crippen molar-refractivity contribution in [3.8, 4) is 0 Å². The van der Waals surface area contributed by atoms with Crippen molar-refractivity contribution in [3.63, 3.8) is 0 Å². The lowest BCUT2D eigenvalue weighted by molar-refractivity contribution is -0.125. The van der Waals surface area contributed by atoms with Gasteiger partial charge in [0.25, 0.3) is 0 Å². The van der Waals surface area contributed by atoms with Gasteiger partial charge in [-0.2, -0.15) is 11.8 Å². The molecule has 0 aromatic heterocycles. The van der Waals surface area contributed by atoms with Crippen LogP contribution in [0.3, 0.4) is 0 Å². The summed E-state index contributed by atoms with van der Waals surface area (Å²) in [7, 11) is 0. The Labute approximate surface area is 103 Å². The van der Waals surface area contributed by atoms with Crippen LogP contribution in [-0.4, -0.2) is 37.6 Å². The van der Waals surface area contributed by atoms with Gasteiger partial charge in [0.05, 0.1) is 0 Å². The summed E-state index contributed by atoms with van der Waals surface area (Å²) in [4.78, 5) is 11.6. The summed E-state index contributed by atoms with van der Waals surface area (Å²) in [5, 5.41) is 6.27. The first-order chi connectivity index (χ1) is 6.84. The van der Waals surface area contributed by atoms with E-state index in [2.05, 4.69) is 16.9 Å². The molecule has 2 N–H and O–H groups in total. The fourth-order valence-electron chi connectivity index (χ4n) is 1.66. The highest BCUT2D eigenvalue weighted by molar-refractivity contribution is 7.98. The van der Waals surface area contributed by atoms with Gasteiger partial charge in [-0.1, -0.05) is 0 Å². The monoisotopic (exact) mass is 252 g/mol. The highest BCUT2D eigenvalue weighted by Gasteiger charge is 2.19. The van der Waals surface area contributed by atoms with E-state index in [1.54, 1.807) is 0 Å². The van der Waals surface area contributed by atoms with Crippen LogP contribution >= 0.6 is 24.2 Å². The topological polar surface area (TPSA) is 41.1 Å². The molecule has 1 rings (SSSR count). The zero-order valence-corrected chi connectivity index (χ0v) is 10.9. The van der Waals surface area contributed by atoms with E-state index < -0.39 is 0 Å². The average Bonchev–Trinajstić information content (AvgIpc) is 2.25. The molecule has 1 saturated heterocycles. The van der Waals surface area contributed by atoms with Crippen LogP contribution in [0.15, 0.2) is 0 Å². The summed E-state index contributed by atoms with van der Waals surface area (Å²) in [6.07, 6.45) is 5.16. The second-order valence-corrected chi connectivity index (χ2v) is 4.65. The first kappa shape index (κ1) is 15.1. The molecule has 1 aliphatic rings. The normalized spacial score (nSPS) is 16.9. The smallest absolute Gasteiger partial charge is 0.223 e. The quantitative estimate of drug-likeness (QED) is 0.725. The summed E-state index contributed by atoms with van der Waals surface area (Å²) in [6, 6.07) is 0. The maximum atomic E-state index is 11.6. The number of hydrogen-bond donors (Lipinski definition) is 2. The van der Waals surface area contributed by atoms with Crippen LogP contribution in [0.25, 0.3) is 0 Å². The molecular formula is C10H21ClN2OS. The average molecular weight is 253 g/mol. The SMILES string of the molecule is CSCCCNC(=O)C1CCNCC1.Cl. The van der Waals surface area contributed by atoms with Gasteiger partial charge >= 0.3 is 0 Å². The minimum Gasteiger partial charge on any atom is -0.356 e. The van der Waals surface area contributed by atoms with E-state index >= 15 is 0 Å². The molecule has 0 radical (unpaired) electrons. The minimum absolute atomic E-state index is 0. The Morgan fingerprint density at radius 2 is 2.13 bits per heavy atom. The lowest BCUT2D eigenvalue weighted by Gasteiger charge is -2.21. The Kier molecular flexibility index (Phi) is 9.35. The molecule has 1 aliphatic heterocycles. The van der Waals surface area contributed by atoms with Gasteiger partial charge in [-0.3, -0.25) is 4.79 Å². The van der Waals surface area contributed by atoms with Crippen LogP contribution in [-0.2, 0) is 4.79 Å². The van der Waals surface area contributed by atoms with Crippen molar-refractivity contribution >= 4 is 30.1 Å². The first-order valence-corrected chi connectivity index (χ1v) is 6.71. The molecule has 5 heteroatoms. The number of hydrogen-bond acceptors (Lipinski definition) is 3. The van der Waals surface area contributed by atoms with Crippen LogP contribution in [0.1, 0.15) is 19.3 Å². The zero-order chi connectivity index (χ0) is 10.2. The molecule has 15 heavy (non-hydrogen) atoms. The molecule has 0 unspecified atom stereocenters. The van der Waals surface area contributed by atoms with E-state index in [0.29, 0.717) is 0 Å². The predicted octanol–water partition coefficient (Wildman–Crippen LogP) is 1.28. The Balaban J connectivity index is 0.00000196. The van der Waals surface area contributed by atoms with Crippen LogP contribution in [0.5, 0.6) is 0 Å². The Hall–Kier alpha value is 0.0700. The van der Waals surface area contributed by atoms with Crippen molar-refractivity contribution in [2.75, 3.05) is 31.6 Å². The number of amides is 1. The third kappa shape index (κ3) is 6.28. The zero-order valence-electron chi connectivity index (χ0n) is 9.25. The van der Waals surface area contributed by atoms with Gasteiger partial charge in [-0.15, -0.1) is 12.4 Å². The van der Waals surface area contributed by atoms with Crippen LogP contribution in [0.4, 0.5) is 0 Å². The number of carbonyl (C=O) groups is 1. The van der Waals surface area contributed by atoms with E-state index in [0.717, 1.165) is 44.6 Å². The van der Waals surface area contributed by atoms with Gasteiger partial charge < -0.3 is 10.6 Å². The summed E-state index contributed by atoms with van der Waals surface area (Å²) >= 11 is 1.83. The second-order valence-electron chi connectivity index (χ2n) is 3.66. The van der Waals surface area contributed by atoms with E-state index in [-0.39, 0.29) is 24.2 Å². The minimum atomic E-state index is 0. The van der Waals surface area contributed by atoms with E-state index in [4.69, 9.17) is 0 Å². The fraction of sp³-hybridized carbons (Fsp3) is 0.900. The van der Waals surface area contributed by atoms with Crippen molar-refractivity contribution in [3.05, 3.63) is 0 Å². The second kappa shape index (κ2) is 9.31. The third-order valence-electron chi connectivity index (χ3n) is 2.53. The maximum Gasteiger partial charge on any atom is 0.223 e. The molecule has 0 atom stereocenters. The van der Waals surface area contributed by atoms with Crippen LogP contribution in [0.2, 0.25) is 0 Å². The third-order valence-corrected chi connectivity index (χ3v) is 3.23. The molecule has 90 valence electrons. The molecule has 0 bridgehead atoms. The van der Waals surface area contributed by atoms with Crippen molar-refractivity contribution in [2.24, 2.45) is 5.92 Å². The summed E-state index contributed by atoms with van der Waals surface area (Å²) in [6.45, 7) is 2.81. The lowest BCUT2D eigenvalue weighted by atomic mass is 9.97. The fourth-order valence-corrected chi connectivity index (χ4v) is 2.09. The van der Waals surface area contributed by atoms with Crippen molar-refractivity contribution in [2.45, 2.75) is 19.3 Å². The van der Waals surface area contributed by atoms with Gasteiger partial charge in [0.2, 0.25) is 5.91 Å². The molecular weight excluding hydrogens is 232 g/mol. The molecule has 1 heterocycles. The standard InChI is InChI=1S/C10H20N2OS.ClH/c1-14-8-2-5-12-10(13)9-3-6-11-7-4-9;/h9,11H,2-8H2,1H3,(H,12,13);1H. The van der Waals surface area contributed by atoms with Gasteiger partial charge in [0, 0.05) is 12.5 Å². The molecule has 3 nitrogen and oxygen atoms in total. The van der Waals surface area contributed by atoms with Crippen LogP contribution < -0.4 is 10.6 Å². The van der Waals surface area contributed by atoms with Gasteiger partial charge in [-0.05, 0) is 44.4 Å². The van der Waals surface area contributed by atoms with Crippen molar-refractivity contribution in [1.82, 2.24) is 10.6 Å². The summed E-state index contributed by atoms with van der Waals surface area (Å²) in [5.41, 5.74) is 0. The van der Waals surface area contributed by atoms with Gasteiger partial charge in [-0.25, -0.2) is 0 Å². The number of piperidine rings is 1. The predicted molar refractivity (Wildman–Crippen MR) is 68.9 cm³/mol. The van der Waals surface area contributed by atoms with Crippen molar-refractivity contribution < 1.29 is 4.79 Å². The number of carbonyl (C=O) groups excluding carboxylic acids is 1.